The standard InChI is InChI=1S/C18H25N5O7/c1-4-7-20-16(28)22(9-12(24)5-2)18(30)23(17(20)29)11-13(25)10-21-14(26)6-8-19(3)15(21)27/h4,6,8,12-13,24-25H,1,5,7,9-11H2,2-3H3. The Hall–Kier alpha value is -3.25. The maximum Gasteiger partial charge on any atom is 0.336 e. The van der Waals surface area contributed by atoms with Gasteiger partial charge in [0.05, 0.1) is 38.4 Å². The van der Waals surface area contributed by atoms with Gasteiger partial charge >= 0.3 is 22.8 Å². The summed E-state index contributed by atoms with van der Waals surface area (Å²) in [7, 11) is 1.43. The highest BCUT2D eigenvalue weighted by atomic mass is 16.3. The molecule has 2 aromatic heterocycles. The minimum Gasteiger partial charge on any atom is -0.391 e. The fourth-order valence-electron chi connectivity index (χ4n) is 2.88. The van der Waals surface area contributed by atoms with Crippen LogP contribution in [0.25, 0.3) is 0 Å². The quantitative estimate of drug-likeness (QED) is 0.409. The van der Waals surface area contributed by atoms with Crippen LogP contribution in [0.4, 0.5) is 0 Å². The summed E-state index contributed by atoms with van der Waals surface area (Å²) in [5, 5.41) is 20.2. The minimum atomic E-state index is -1.46. The van der Waals surface area contributed by atoms with Gasteiger partial charge in [-0.05, 0) is 6.42 Å². The Balaban J connectivity index is 2.52. The van der Waals surface area contributed by atoms with Crippen molar-refractivity contribution < 1.29 is 10.2 Å². The van der Waals surface area contributed by atoms with Crippen LogP contribution in [0.5, 0.6) is 0 Å². The van der Waals surface area contributed by atoms with E-state index in [1.165, 1.54) is 19.3 Å². The molecule has 2 unspecified atom stereocenters. The summed E-state index contributed by atoms with van der Waals surface area (Å²) < 4.78 is 4.01. The van der Waals surface area contributed by atoms with Crippen LogP contribution in [0.3, 0.4) is 0 Å². The van der Waals surface area contributed by atoms with E-state index in [1.54, 1.807) is 6.92 Å². The van der Waals surface area contributed by atoms with Gasteiger partial charge in [-0.2, -0.15) is 0 Å². The molecule has 12 heteroatoms. The molecule has 0 spiro atoms. The van der Waals surface area contributed by atoms with Crippen LogP contribution in [-0.2, 0) is 33.2 Å². The molecule has 2 aromatic rings. The average Bonchev–Trinajstić information content (AvgIpc) is 2.71. The first-order valence-corrected chi connectivity index (χ1v) is 9.30. The van der Waals surface area contributed by atoms with Crippen molar-refractivity contribution in [1.82, 2.24) is 22.8 Å². The van der Waals surface area contributed by atoms with Crippen LogP contribution >= 0.6 is 0 Å². The highest BCUT2D eigenvalue weighted by Crippen LogP contribution is 1.93. The molecule has 30 heavy (non-hydrogen) atoms. The molecule has 12 nitrogen and oxygen atoms in total. The lowest BCUT2D eigenvalue weighted by Gasteiger charge is -2.17. The minimum absolute atomic E-state index is 0.186. The molecule has 164 valence electrons. The number of aromatic nitrogens is 5. The Kier molecular flexibility index (Phi) is 7.29. The Morgan fingerprint density at radius 3 is 1.90 bits per heavy atom. The van der Waals surface area contributed by atoms with Gasteiger partial charge < -0.3 is 14.8 Å². The van der Waals surface area contributed by atoms with Crippen molar-refractivity contribution in [1.29, 1.82) is 0 Å². The predicted molar refractivity (Wildman–Crippen MR) is 108 cm³/mol. The third-order valence-electron chi connectivity index (χ3n) is 4.59. The van der Waals surface area contributed by atoms with Gasteiger partial charge in [-0.15, -0.1) is 6.58 Å². The molecule has 0 amide bonds. The molecule has 0 aliphatic heterocycles. The molecule has 0 aliphatic carbocycles. The molecular formula is C18H25N5O7. The van der Waals surface area contributed by atoms with Gasteiger partial charge in [0.1, 0.15) is 0 Å². The van der Waals surface area contributed by atoms with E-state index in [2.05, 4.69) is 6.58 Å². The fraction of sp³-hybridized carbons (Fsp3) is 0.500. The molecule has 0 radical (unpaired) electrons. The second kappa shape index (κ2) is 9.50. The summed E-state index contributed by atoms with van der Waals surface area (Å²) in [4.78, 5) is 61.9. The van der Waals surface area contributed by atoms with Gasteiger partial charge in [0.2, 0.25) is 0 Å². The zero-order valence-corrected chi connectivity index (χ0v) is 16.8. The molecular weight excluding hydrogens is 398 g/mol. The molecule has 0 bridgehead atoms. The molecule has 2 atom stereocenters. The summed E-state index contributed by atoms with van der Waals surface area (Å²) in [5.41, 5.74) is -4.21. The van der Waals surface area contributed by atoms with Gasteiger partial charge in [-0.1, -0.05) is 13.0 Å². The van der Waals surface area contributed by atoms with E-state index in [4.69, 9.17) is 0 Å². The maximum absolute atomic E-state index is 12.7. The van der Waals surface area contributed by atoms with Gasteiger partial charge in [-0.3, -0.25) is 9.36 Å². The smallest absolute Gasteiger partial charge is 0.336 e. The van der Waals surface area contributed by atoms with E-state index in [0.29, 0.717) is 9.13 Å². The van der Waals surface area contributed by atoms with Crippen molar-refractivity contribution in [3.63, 3.8) is 0 Å². The van der Waals surface area contributed by atoms with Crippen molar-refractivity contribution in [2.45, 2.75) is 51.7 Å². The topological polar surface area (TPSA) is 150 Å². The van der Waals surface area contributed by atoms with Crippen molar-refractivity contribution >= 4 is 0 Å². The molecule has 0 fully saturated rings. The summed E-state index contributed by atoms with van der Waals surface area (Å²) in [6, 6.07) is 1.14. The van der Waals surface area contributed by atoms with E-state index >= 15 is 0 Å². The zero-order chi connectivity index (χ0) is 22.6. The van der Waals surface area contributed by atoms with E-state index in [9.17, 15) is 34.2 Å². The lowest BCUT2D eigenvalue weighted by atomic mass is 10.3. The molecule has 2 N–H and O–H groups in total. The molecule has 0 aromatic carbocycles. The van der Waals surface area contributed by atoms with Crippen molar-refractivity contribution in [3.8, 4) is 0 Å². The van der Waals surface area contributed by atoms with Crippen LogP contribution in [0.15, 0.2) is 48.9 Å². The second-order valence-corrected chi connectivity index (χ2v) is 6.84. The lowest BCUT2D eigenvalue weighted by Crippen LogP contribution is -2.56. The number of aliphatic hydroxyl groups excluding tert-OH is 2. The summed E-state index contributed by atoms with van der Waals surface area (Å²) in [6.45, 7) is 3.59. The van der Waals surface area contributed by atoms with Gasteiger partial charge in [0.25, 0.3) is 5.56 Å². The van der Waals surface area contributed by atoms with Crippen LogP contribution in [0, 0.1) is 0 Å². The zero-order valence-electron chi connectivity index (χ0n) is 16.8. The molecule has 2 rings (SSSR count). The SMILES string of the molecule is C=CCn1c(=O)n(CC(O)CC)c(=O)n(CC(O)Cn2c(=O)ccn(C)c2=O)c1=O. The fourth-order valence-corrected chi connectivity index (χ4v) is 2.88. The van der Waals surface area contributed by atoms with E-state index in [1.807, 2.05) is 0 Å². The monoisotopic (exact) mass is 423 g/mol. The van der Waals surface area contributed by atoms with Crippen LogP contribution in [0.2, 0.25) is 0 Å². The normalized spacial score (nSPS) is 13.2. The Morgan fingerprint density at radius 2 is 1.37 bits per heavy atom. The second-order valence-electron chi connectivity index (χ2n) is 6.84. The number of hydrogen-bond acceptors (Lipinski definition) is 7. The van der Waals surface area contributed by atoms with Crippen LogP contribution in [0.1, 0.15) is 13.3 Å². The number of hydrogen-bond donors (Lipinski definition) is 2. The van der Waals surface area contributed by atoms with Gasteiger partial charge in [0, 0.05) is 19.3 Å². The Bertz CT molecular complexity index is 1210. The average molecular weight is 423 g/mol. The largest absolute Gasteiger partial charge is 0.391 e. The third-order valence-corrected chi connectivity index (χ3v) is 4.59. The first-order chi connectivity index (χ1) is 14.1. The molecule has 0 saturated carbocycles. The van der Waals surface area contributed by atoms with E-state index < -0.39 is 53.6 Å². The predicted octanol–water partition coefficient (Wildman–Crippen LogP) is -2.95. The third kappa shape index (κ3) is 4.66. The molecule has 0 saturated heterocycles. The number of aryl methyl sites for hydroxylation is 1. The summed E-state index contributed by atoms with van der Waals surface area (Å²) >= 11 is 0. The van der Waals surface area contributed by atoms with Crippen molar-refractivity contribution in [2.24, 2.45) is 7.05 Å². The van der Waals surface area contributed by atoms with Crippen molar-refractivity contribution in [2.75, 3.05) is 0 Å². The molecule has 0 aliphatic rings. The Morgan fingerprint density at radius 1 is 0.867 bits per heavy atom. The first kappa shape index (κ1) is 23.0. The van der Waals surface area contributed by atoms with E-state index in [-0.39, 0.29) is 19.5 Å². The first-order valence-electron chi connectivity index (χ1n) is 9.30. The van der Waals surface area contributed by atoms with E-state index in [0.717, 1.165) is 19.8 Å². The molecule has 2 heterocycles. The van der Waals surface area contributed by atoms with Gasteiger partial charge in [-0.25, -0.2) is 32.9 Å². The summed E-state index contributed by atoms with van der Waals surface area (Å²) in [5.74, 6) is 0. The summed E-state index contributed by atoms with van der Waals surface area (Å²) in [6.07, 6.45) is 0.398. The highest BCUT2D eigenvalue weighted by Gasteiger charge is 2.20. The maximum atomic E-state index is 12.7. The number of rotatable bonds is 9. The Labute approximate surface area is 169 Å². The van der Waals surface area contributed by atoms with Crippen LogP contribution in [-0.4, -0.2) is 45.3 Å². The van der Waals surface area contributed by atoms with Crippen molar-refractivity contribution in [3.05, 3.63) is 77.2 Å². The van der Waals surface area contributed by atoms with Gasteiger partial charge in [0.15, 0.2) is 0 Å². The highest BCUT2D eigenvalue weighted by molar-refractivity contribution is 4.87. The van der Waals surface area contributed by atoms with Crippen LogP contribution < -0.4 is 28.3 Å². The number of allylic oxidation sites excluding steroid dienone is 1. The number of aliphatic hydroxyl groups is 2. The number of nitrogens with zero attached hydrogens (tertiary/aromatic N) is 5. The lowest BCUT2D eigenvalue weighted by molar-refractivity contribution is 0.121.